The lowest BCUT2D eigenvalue weighted by Crippen LogP contribution is -2.39. The van der Waals surface area contributed by atoms with Crippen LogP contribution >= 0.6 is 15.9 Å². The molecule has 0 saturated heterocycles. The van der Waals surface area contributed by atoms with Crippen molar-refractivity contribution >= 4 is 33.4 Å². The van der Waals surface area contributed by atoms with E-state index in [0.717, 1.165) is 0 Å². The molecule has 0 aliphatic heterocycles. The number of alkyl halides is 1. The Balaban J connectivity index is 2.39. The predicted octanol–water partition coefficient (Wildman–Crippen LogP) is 2.95. The van der Waals surface area contributed by atoms with Gasteiger partial charge in [0.25, 0.3) is 0 Å². The second-order valence-electron chi connectivity index (χ2n) is 6.05. The molecule has 2 amide bonds. The number of nitrogens with one attached hydrogen (secondary N) is 2. The van der Waals surface area contributed by atoms with Crippen molar-refractivity contribution in [2.75, 3.05) is 19.0 Å². The van der Waals surface area contributed by atoms with E-state index in [0.29, 0.717) is 18.0 Å². The lowest BCUT2D eigenvalue weighted by Gasteiger charge is -2.24. The number of benzene rings is 1. The van der Waals surface area contributed by atoms with E-state index in [-0.39, 0.29) is 28.5 Å². The molecule has 0 aliphatic carbocycles. The van der Waals surface area contributed by atoms with E-state index in [1.807, 2.05) is 20.8 Å². The molecule has 0 fully saturated rings. The number of anilines is 1. The molecule has 2 N–H and O–H groups in total. The van der Waals surface area contributed by atoms with Crippen molar-refractivity contribution in [3.05, 3.63) is 24.3 Å². The van der Waals surface area contributed by atoms with E-state index >= 15 is 0 Å². The molecule has 1 aromatic rings. The number of hydrogen-bond acceptors (Lipinski definition) is 3. The number of halogens is 1. The molecule has 1 atom stereocenters. The Hall–Kier alpha value is -1.56. The average molecular weight is 371 g/mol. The fourth-order valence-electron chi connectivity index (χ4n) is 1.71. The van der Waals surface area contributed by atoms with Gasteiger partial charge in [-0.05, 0) is 17.5 Å². The summed E-state index contributed by atoms with van der Waals surface area (Å²) in [5.74, 6) is 0.413. The van der Waals surface area contributed by atoms with Gasteiger partial charge in [0.05, 0.1) is 11.9 Å². The van der Waals surface area contributed by atoms with E-state index in [2.05, 4.69) is 26.6 Å². The highest BCUT2D eigenvalue weighted by Crippen LogP contribution is 2.25. The first-order valence-corrected chi connectivity index (χ1v) is 8.01. The molecule has 122 valence electrons. The monoisotopic (exact) mass is 370 g/mol. The third kappa shape index (κ3) is 6.05. The summed E-state index contributed by atoms with van der Waals surface area (Å²) in [5.41, 5.74) is 0.496. The molecule has 1 aromatic carbocycles. The van der Waals surface area contributed by atoms with Crippen molar-refractivity contribution in [2.24, 2.45) is 5.41 Å². The standard InChI is InChI=1S/C16H23BrN2O3/c1-16(2,3)14(17)15(21)18-9-8-13(20)19-11-6-5-7-12(10-11)22-4/h5-7,10,14H,8-9H2,1-4H3,(H,18,21)(H,19,20)/t14-/m0/s1. The Kier molecular flexibility index (Phi) is 6.87. The van der Waals surface area contributed by atoms with Crippen molar-refractivity contribution in [3.63, 3.8) is 0 Å². The highest BCUT2D eigenvalue weighted by atomic mass is 79.9. The molecule has 0 heterocycles. The van der Waals surface area contributed by atoms with Crippen LogP contribution < -0.4 is 15.4 Å². The minimum atomic E-state index is -0.290. The number of carbonyl (C=O) groups excluding carboxylic acids is 2. The van der Waals surface area contributed by atoms with E-state index in [1.54, 1.807) is 31.4 Å². The fraction of sp³-hybridized carbons (Fsp3) is 0.500. The van der Waals surface area contributed by atoms with Crippen LogP contribution in [0.5, 0.6) is 5.75 Å². The van der Waals surface area contributed by atoms with Crippen LogP contribution in [0.4, 0.5) is 5.69 Å². The van der Waals surface area contributed by atoms with Crippen molar-refractivity contribution in [3.8, 4) is 5.75 Å². The quantitative estimate of drug-likeness (QED) is 0.756. The summed E-state index contributed by atoms with van der Waals surface area (Å²) >= 11 is 3.37. The van der Waals surface area contributed by atoms with Gasteiger partial charge in [-0.2, -0.15) is 0 Å². The second-order valence-corrected chi connectivity index (χ2v) is 6.97. The van der Waals surface area contributed by atoms with Gasteiger partial charge in [-0.1, -0.05) is 42.8 Å². The fourth-order valence-corrected chi connectivity index (χ4v) is 1.87. The summed E-state index contributed by atoms with van der Waals surface area (Å²) in [4.78, 5) is 23.5. The van der Waals surface area contributed by atoms with Gasteiger partial charge in [-0.3, -0.25) is 9.59 Å². The summed E-state index contributed by atoms with van der Waals surface area (Å²) in [6, 6.07) is 7.13. The first-order chi connectivity index (χ1) is 10.2. The van der Waals surface area contributed by atoms with E-state index in [4.69, 9.17) is 4.74 Å². The van der Waals surface area contributed by atoms with Gasteiger partial charge < -0.3 is 15.4 Å². The highest BCUT2D eigenvalue weighted by Gasteiger charge is 2.28. The summed E-state index contributed by atoms with van der Waals surface area (Å²) < 4.78 is 5.09. The second kappa shape index (κ2) is 8.17. The Morgan fingerprint density at radius 1 is 1.32 bits per heavy atom. The van der Waals surface area contributed by atoms with Gasteiger partial charge in [0.2, 0.25) is 11.8 Å². The molecule has 1 rings (SSSR count). The number of hydrogen-bond donors (Lipinski definition) is 2. The molecule has 0 saturated carbocycles. The molecule has 22 heavy (non-hydrogen) atoms. The zero-order chi connectivity index (χ0) is 16.8. The summed E-state index contributed by atoms with van der Waals surface area (Å²) in [6.45, 7) is 6.22. The SMILES string of the molecule is COc1cccc(NC(=O)CCNC(=O)[C@H](Br)C(C)(C)C)c1. The van der Waals surface area contributed by atoms with Gasteiger partial charge in [0, 0.05) is 24.7 Å². The Morgan fingerprint density at radius 2 is 2.00 bits per heavy atom. The predicted molar refractivity (Wildman–Crippen MR) is 91.4 cm³/mol. The number of ether oxygens (including phenoxy) is 1. The van der Waals surface area contributed by atoms with Gasteiger partial charge in [0.1, 0.15) is 5.75 Å². The summed E-state index contributed by atoms with van der Waals surface area (Å²) in [7, 11) is 1.57. The third-order valence-corrected chi connectivity index (χ3v) is 4.78. The third-order valence-electron chi connectivity index (χ3n) is 3.00. The first kappa shape index (κ1) is 18.5. The zero-order valence-corrected chi connectivity index (χ0v) is 15.0. The number of methoxy groups -OCH3 is 1. The van der Waals surface area contributed by atoms with Crippen LogP contribution in [0.1, 0.15) is 27.2 Å². The average Bonchev–Trinajstić information content (AvgIpc) is 2.45. The smallest absolute Gasteiger partial charge is 0.234 e. The topological polar surface area (TPSA) is 67.4 Å². The maximum atomic E-state index is 11.9. The largest absolute Gasteiger partial charge is 0.497 e. The van der Waals surface area contributed by atoms with Crippen LogP contribution in [0.2, 0.25) is 0 Å². The molecule has 0 aliphatic rings. The minimum absolute atomic E-state index is 0.110. The molecule has 0 spiro atoms. The van der Waals surface area contributed by atoms with E-state index < -0.39 is 0 Å². The first-order valence-electron chi connectivity index (χ1n) is 7.09. The minimum Gasteiger partial charge on any atom is -0.497 e. The maximum absolute atomic E-state index is 11.9. The summed E-state index contributed by atoms with van der Waals surface area (Å²) in [6.07, 6.45) is 0.215. The molecular weight excluding hydrogens is 348 g/mol. The molecule has 0 bridgehead atoms. The van der Waals surface area contributed by atoms with Crippen LogP contribution in [0.3, 0.4) is 0 Å². The number of carbonyl (C=O) groups is 2. The van der Waals surface area contributed by atoms with Crippen molar-refractivity contribution in [1.29, 1.82) is 0 Å². The molecule has 0 unspecified atom stereocenters. The maximum Gasteiger partial charge on any atom is 0.234 e. The van der Waals surface area contributed by atoms with Crippen LogP contribution in [0, 0.1) is 5.41 Å². The van der Waals surface area contributed by atoms with Crippen LogP contribution in [0.25, 0.3) is 0 Å². The molecule has 5 nitrogen and oxygen atoms in total. The summed E-state index contributed by atoms with van der Waals surface area (Å²) in [5, 5.41) is 5.52. The molecule has 0 radical (unpaired) electrons. The molecule has 0 aromatic heterocycles. The molecule has 6 heteroatoms. The zero-order valence-electron chi connectivity index (χ0n) is 13.4. The van der Waals surface area contributed by atoms with Crippen LogP contribution in [-0.4, -0.2) is 30.3 Å². The van der Waals surface area contributed by atoms with Gasteiger partial charge in [0.15, 0.2) is 0 Å². The number of amides is 2. The lowest BCUT2D eigenvalue weighted by atomic mass is 9.92. The van der Waals surface area contributed by atoms with Crippen LogP contribution in [-0.2, 0) is 9.59 Å². The van der Waals surface area contributed by atoms with E-state index in [9.17, 15) is 9.59 Å². The van der Waals surface area contributed by atoms with Crippen molar-refractivity contribution in [2.45, 2.75) is 32.0 Å². The Morgan fingerprint density at radius 3 is 2.59 bits per heavy atom. The Labute approximate surface area is 139 Å². The van der Waals surface area contributed by atoms with E-state index in [1.165, 1.54) is 0 Å². The molecular formula is C16H23BrN2O3. The van der Waals surface area contributed by atoms with Crippen molar-refractivity contribution < 1.29 is 14.3 Å². The van der Waals surface area contributed by atoms with Gasteiger partial charge >= 0.3 is 0 Å². The normalized spacial score (nSPS) is 12.4. The van der Waals surface area contributed by atoms with Crippen molar-refractivity contribution in [1.82, 2.24) is 5.32 Å². The van der Waals surface area contributed by atoms with Gasteiger partial charge in [-0.25, -0.2) is 0 Å². The lowest BCUT2D eigenvalue weighted by molar-refractivity contribution is -0.122. The number of rotatable bonds is 6. The Bertz CT molecular complexity index is 526. The van der Waals surface area contributed by atoms with Gasteiger partial charge in [-0.15, -0.1) is 0 Å². The van der Waals surface area contributed by atoms with Crippen LogP contribution in [0.15, 0.2) is 24.3 Å². The highest BCUT2D eigenvalue weighted by molar-refractivity contribution is 9.10.